The first-order chi connectivity index (χ1) is 11.1. The van der Waals surface area contributed by atoms with Crippen LogP contribution in [-0.4, -0.2) is 37.7 Å². The lowest BCUT2D eigenvalue weighted by Crippen LogP contribution is -2.34. The summed E-state index contributed by atoms with van der Waals surface area (Å²) in [4.78, 5) is 23.8. The lowest BCUT2D eigenvalue weighted by molar-refractivity contribution is -0.124. The van der Waals surface area contributed by atoms with Crippen molar-refractivity contribution in [1.82, 2.24) is 5.32 Å². The SMILES string of the molecule is Cc1c(C(=O)OCC(=O)NC[C@H]2CCCO2)oc2ccccc12. The molecule has 23 heavy (non-hydrogen) atoms. The highest BCUT2D eigenvalue weighted by Gasteiger charge is 2.20. The van der Waals surface area contributed by atoms with Crippen LogP contribution in [0.5, 0.6) is 0 Å². The number of benzene rings is 1. The minimum absolute atomic E-state index is 0.0623. The molecule has 1 aliphatic heterocycles. The van der Waals surface area contributed by atoms with Crippen molar-refractivity contribution in [2.45, 2.75) is 25.9 Å². The van der Waals surface area contributed by atoms with E-state index < -0.39 is 5.97 Å². The number of aryl methyl sites for hydroxylation is 1. The second-order valence-corrected chi connectivity index (χ2v) is 5.57. The molecule has 2 aromatic rings. The summed E-state index contributed by atoms with van der Waals surface area (Å²) in [5.41, 5.74) is 1.34. The van der Waals surface area contributed by atoms with E-state index in [0.29, 0.717) is 17.7 Å². The van der Waals surface area contributed by atoms with Crippen LogP contribution in [0, 0.1) is 6.92 Å². The normalized spacial score (nSPS) is 17.3. The van der Waals surface area contributed by atoms with Crippen LogP contribution in [0.25, 0.3) is 11.0 Å². The number of hydrogen-bond acceptors (Lipinski definition) is 5. The molecule has 1 aliphatic rings. The van der Waals surface area contributed by atoms with Gasteiger partial charge in [0.1, 0.15) is 5.58 Å². The van der Waals surface area contributed by atoms with Gasteiger partial charge in [0.15, 0.2) is 6.61 Å². The van der Waals surface area contributed by atoms with Crippen molar-refractivity contribution >= 4 is 22.8 Å². The Morgan fingerprint density at radius 3 is 2.91 bits per heavy atom. The van der Waals surface area contributed by atoms with E-state index in [9.17, 15) is 9.59 Å². The monoisotopic (exact) mass is 317 g/mol. The Bertz CT molecular complexity index is 715. The number of furan rings is 1. The van der Waals surface area contributed by atoms with Crippen LogP contribution in [0.2, 0.25) is 0 Å². The van der Waals surface area contributed by atoms with Gasteiger partial charge in [0, 0.05) is 24.1 Å². The molecule has 1 aromatic heterocycles. The lowest BCUT2D eigenvalue weighted by atomic mass is 10.1. The molecule has 3 rings (SSSR count). The maximum absolute atomic E-state index is 12.1. The van der Waals surface area contributed by atoms with E-state index in [0.717, 1.165) is 24.8 Å². The molecule has 0 saturated carbocycles. The van der Waals surface area contributed by atoms with Crippen molar-refractivity contribution in [3.8, 4) is 0 Å². The summed E-state index contributed by atoms with van der Waals surface area (Å²) in [7, 11) is 0. The number of esters is 1. The van der Waals surface area contributed by atoms with Gasteiger partial charge in [-0.05, 0) is 25.8 Å². The number of ether oxygens (including phenoxy) is 2. The number of rotatable bonds is 5. The standard InChI is InChI=1S/C17H19NO5/c1-11-13-6-2-3-7-14(13)23-16(11)17(20)22-10-15(19)18-9-12-5-4-8-21-12/h2-3,6-7,12H,4-5,8-10H2,1H3,(H,18,19)/t12-/m1/s1. The number of carbonyl (C=O) groups is 2. The minimum atomic E-state index is -0.633. The van der Waals surface area contributed by atoms with Gasteiger partial charge in [-0.3, -0.25) is 4.79 Å². The highest BCUT2D eigenvalue weighted by atomic mass is 16.5. The summed E-state index contributed by atoms with van der Waals surface area (Å²) in [5.74, 6) is -0.841. The van der Waals surface area contributed by atoms with Gasteiger partial charge in [-0.2, -0.15) is 0 Å². The zero-order valence-electron chi connectivity index (χ0n) is 13.0. The van der Waals surface area contributed by atoms with E-state index in [1.807, 2.05) is 18.2 Å². The molecule has 6 heteroatoms. The van der Waals surface area contributed by atoms with E-state index >= 15 is 0 Å². The second kappa shape index (κ2) is 6.83. The smallest absolute Gasteiger partial charge is 0.375 e. The summed E-state index contributed by atoms with van der Waals surface area (Å²) in [6.45, 7) is 2.64. The molecule has 1 aromatic carbocycles. The van der Waals surface area contributed by atoms with Crippen molar-refractivity contribution in [2.75, 3.05) is 19.8 Å². The quantitative estimate of drug-likeness (QED) is 0.855. The van der Waals surface area contributed by atoms with E-state index in [2.05, 4.69) is 5.32 Å². The topological polar surface area (TPSA) is 77.8 Å². The average molecular weight is 317 g/mol. The number of hydrogen-bond donors (Lipinski definition) is 1. The summed E-state index contributed by atoms with van der Waals surface area (Å²) < 4.78 is 15.9. The zero-order valence-corrected chi connectivity index (χ0v) is 13.0. The molecule has 6 nitrogen and oxygen atoms in total. The largest absolute Gasteiger partial charge is 0.450 e. The van der Waals surface area contributed by atoms with Crippen LogP contribution < -0.4 is 5.32 Å². The summed E-state index contributed by atoms with van der Waals surface area (Å²) >= 11 is 0. The highest BCUT2D eigenvalue weighted by Crippen LogP contribution is 2.25. The predicted octanol–water partition coefficient (Wildman–Crippen LogP) is 2.19. The van der Waals surface area contributed by atoms with Crippen molar-refractivity contribution in [3.63, 3.8) is 0 Å². The number of fused-ring (bicyclic) bond motifs is 1. The van der Waals surface area contributed by atoms with Crippen LogP contribution in [0.15, 0.2) is 28.7 Å². The van der Waals surface area contributed by atoms with Crippen molar-refractivity contribution in [1.29, 1.82) is 0 Å². The molecule has 1 atom stereocenters. The second-order valence-electron chi connectivity index (χ2n) is 5.57. The Kier molecular flexibility index (Phi) is 4.62. The molecule has 0 bridgehead atoms. The van der Waals surface area contributed by atoms with Gasteiger partial charge >= 0.3 is 5.97 Å². The van der Waals surface area contributed by atoms with E-state index in [1.54, 1.807) is 13.0 Å². The van der Waals surface area contributed by atoms with Crippen molar-refractivity contribution < 1.29 is 23.5 Å². The van der Waals surface area contributed by atoms with Gasteiger partial charge in [-0.1, -0.05) is 18.2 Å². The Hall–Kier alpha value is -2.34. The minimum Gasteiger partial charge on any atom is -0.450 e. The number of carbonyl (C=O) groups excluding carboxylic acids is 2. The van der Waals surface area contributed by atoms with Gasteiger partial charge in [-0.25, -0.2) is 4.79 Å². The first kappa shape index (κ1) is 15.6. The Balaban J connectivity index is 1.53. The average Bonchev–Trinajstić information content (AvgIpc) is 3.19. The fourth-order valence-corrected chi connectivity index (χ4v) is 2.65. The summed E-state index contributed by atoms with van der Waals surface area (Å²) in [5, 5.41) is 3.56. The fourth-order valence-electron chi connectivity index (χ4n) is 2.65. The molecular weight excluding hydrogens is 298 g/mol. The van der Waals surface area contributed by atoms with Crippen LogP contribution in [0.4, 0.5) is 0 Å². The van der Waals surface area contributed by atoms with Crippen LogP contribution >= 0.6 is 0 Å². The van der Waals surface area contributed by atoms with Gasteiger partial charge in [0.2, 0.25) is 5.76 Å². The molecular formula is C17H19NO5. The van der Waals surface area contributed by atoms with Gasteiger partial charge in [-0.15, -0.1) is 0 Å². The van der Waals surface area contributed by atoms with E-state index in [4.69, 9.17) is 13.9 Å². The van der Waals surface area contributed by atoms with E-state index in [1.165, 1.54) is 0 Å². The van der Waals surface area contributed by atoms with E-state index in [-0.39, 0.29) is 24.4 Å². The number of para-hydroxylation sites is 1. The fraction of sp³-hybridized carbons (Fsp3) is 0.412. The molecule has 0 spiro atoms. The van der Waals surface area contributed by atoms with Gasteiger partial charge in [0.25, 0.3) is 5.91 Å². The van der Waals surface area contributed by atoms with Crippen molar-refractivity contribution in [3.05, 3.63) is 35.6 Å². The van der Waals surface area contributed by atoms with Gasteiger partial charge < -0.3 is 19.2 Å². The van der Waals surface area contributed by atoms with Crippen LogP contribution in [0.3, 0.4) is 0 Å². The van der Waals surface area contributed by atoms with Crippen LogP contribution in [0.1, 0.15) is 29.0 Å². The Morgan fingerprint density at radius 2 is 2.17 bits per heavy atom. The molecule has 1 fully saturated rings. The van der Waals surface area contributed by atoms with Crippen LogP contribution in [-0.2, 0) is 14.3 Å². The molecule has 0 radical (unpaired) electrons. The highest BCUT2D eigenvalue weighted by molar-refractivity contribution is 5.96. The predicted molar refractivity (Wildman–Crippen MR) is 83.2 cm³/mol. The molecule has 2 heterocycles. The third kappa shape index (κ3) is 3.53. The summed E-state index contributed by atoms with van der Waals surface area (Å²) in [6, 6.07) is 7.37. The Labute approximate surface area is 133 Å². The third-order valence-corrected chi connectivity index (χ3v) is 3.91. The Morgan fingerprint density at radius 1 is 1.35 bits per heavy atom. The molecule has 1 N–H and O–H groups in total. The molecule has 1 saturated heterocycles. The van der Waals surface area contributed by atoms with Gasteiger partial charge in [0.05, 0.1) is 6.10 Å². The molecule has 1 amide bonds. The first-order valence-electron chi connectivity index (χ1n) is 7.68. The number of nitrogens with one attached hydrogen (secondary N) is 1. The maximum Gasteiger partial charge on any atom is 0.375 e. The summed E-state index contributed by atoms with van der Waals surface area (Å²) in [6.07, 6.45) is 2.02. The molecule has 0 aliphatic carbocycles. The number of amides is 1. The lowest BCUT2D eigenvalue weighted by Gasteiger charge is -2.10. The molecule has 122 valence electrons. The maximum atomic E-state index is 12.1. The zero-order chi connectivity index (χ0) is 16.2. The third-order valence-electron chi connectivity index (χ3n) is 3.91. The van der Waals surface area contributed by atoms with Crippen molar-refractivity contribution in [2.24, 2.45) is 0 Å². The first-order valence-corrected chi connectivity index (χ1v) is 7.68. The molecule has 0 unspecified atom stereocenters.